The molecule has 0 unspecified atom stereocenters. The van der Waals surface area contributed by atoms with Crippen molar-refractivity contribution >= 4 is 12.4 Å². The standard InChI is InChI=1S/C9H9F3N2/c1-4-5-8(14-3)7(6-13-2)9(10,11)12/h6H,2H2,1,3H3/b7-6+,14-8-. The van der Waals surface area contributed by atoms with Crippen molar-refractivity contribution in [2.24, 2.45) is 9.98 Å². The van der Waals surface area contributed by atoms with Crippen LogP contribution in [0.5, 0.6) is 0 Å². The van der Waals surface area contributed by atoms with Gasteiger partial charge < -0.3 is 0 Å². The van der Waals surface area contributed by atoms with Gasteiger partial charge in [-0.15, -0.1) is 0 Å². The molecule has 0 aliphatic rings. The summed E-state index contributed by atoms with van der Waals surface area (Å²) < 4.78 is 37.1. The van der Waals surface area contributed by atoms with Gasteiger partial charge >= 0.3 is 6.18 Å². The van der Waals surface area contributed by atoms with Crippen LogP contribution in [0.1, 0.15) is 6.92 Å². The van der Waals surface area contributed by atoms with E-state index in [1.165, 1.54) is 14.0 Å². The smallest absolute Gasteiger partial charge is 0.279 e. The third kappa shape index (κ3) is 3.44. The van der Waals surface area contributed by atoms with Gasteiger partial charge in [-0.1, -0.05) is 5.92 Å². The fourth-order valence-corrected chi connectivity index (χ4v) is 0.722. The number of aliphatic imine (C=N–C) groups is 2. The highest BCUT2D eigenvalue weighted by Crippen LogP contribution is 2.26. The van der Waals surface area contributed by atoms with Crippen LogP contribution >= 0.6 is 0 Å². The molecule has 0 rings (SSSR count). The average molecular weight is 202 g/mol. The third-order valence-corrected chi connectivity index (χ3v) is 1.25. The first-order valence-electron chi connectivity index (χ1n) is 3.60. The first kappa shape index (κ1) is 12.4. The second-order valence-corrected chi connectivity index (χ2v) is 2.17. The molecule has 0 aromatic rings. The zero-order valence-electron chi connectivity index (χ0n) is 7.81. The SMILES string of the molecule is C=N/C=C(\C(C#CC)=N/C)C(F)(F)F. The first-order chi connectivity index (χ1) is 6.47. The predicted molar refractivity (Wildman–Crippen MR) is 50.5 cm³/mol. The van der Waals surface area contributed by atoms with E-state index in [-0.39, 0.29) is 5.71 Å². The summed E-state index contributed by atoms with van der Waals surface area (Å²) >= 11 is 0. The lowest BCUT2D eigenvalue weighted by atomic mass is 10.1. The van der Waals surface area contributed by atoms with Crippen LogP contribution in [0.2, 0.25) is 0 Å². The van der Waals surface area contributed by atoms with Crippen LogP contribution in [-0.4, -0.2) is 25.7 Å². The highest BCUT2D eigenvalue weighted by atomic mass is 19.4. The van der Waals surface area contributed by atoms with Gasteiger partial charge in [0.2, 0.25) is 0 Å². The molecule has 5 heteroatoms. The van der Waals surface area contributed by atoms with Crippen LogP contribution < -0.4 is 0 Å². The molecular weight excluding hydrogens is 193 g/mol. The zero-order valence-corrected chi connectivity index (χ0v) is 7.81. The van der Waals surface area contributed by atoms with Gasteiger partial charge in [-0.2, -0.15) is 13.2 Å². The molecule has 0 fully saturated rings. The van der Waals surface area contributed by atoms with Crippen LogP contribution in [-0.2, 0) is 0 Å². The summed E-state index contributed by atoms with van der Waals surface area (Å²) in [5.41, 5.74) is -1.32. The zero-order chi connectivity index (χ0) is 11.2. The maximum Gasteiger partial charge on any atom is 0.420 e. The molecule has 0 heterocycles. The van der Waals surface area contributed by atoms with E-state index in [0.29, 0.717) is 6.20 Å². The fraction of sp³-hybridized carbons (Fsp3) is 0.333. The lowest BCUT2D eigenvalue weighted by Gasteiger charge is -2.08. The highest BCUT2D eigenvalue weighted by Gasteiger charge is 2.36. The van der Waals surface area contributed by atoms with Crippen molar-refractivity contribution in [3.05, 3.63) is 11.8 Å². The van der Waals surface area contributed by atoms with Crippen molar-refractivity contribution in [2.45, 2.75) is 13.1 Å². The summed E-state index contributed by atoms with van der Waals surface area (Å²) in [5.74, 6) is 4.59. The van der Waals surface area contributed by atoms with Gasteiger partial charge in [0.15, 0.2) is 0 Å². The molecule has 0 saturated heterocycles. The average Bonchev–Trinajstić information content (AvgIpc) is 2.09. The van der Waals surface area contributed by atoms with E-state index < -0.39 is 11.7 Å². The van der Waals surface area contributed by atoms with Crippen molar-refractivity contribution in [3.8, 4) is 11.8 Å². The molecule has 0 bridgehead atoms. The Morgan fingerprint density at radius 2 is 2.00 bits per heavy atom. The van der Waals surface area contributed by atoms with E-state index in [2.05, 4.69) is 28.5 Å². The number of halogens is 3. The second kappa shape index (κ2) is 5.22. The number of nitrogens with zero attached hydrogens (tertiary/aromatic N) is 2. The van der Waals surface area contributed by atoms with Crippen molar-refractivity contribution < 1.29 is 13.2 Å². The minimum atomic E-state index is -4.51. The molecule has 14 heavy (non-hydrogen) atoms. The van der Waals surface area contributed by atoms with E-state index in [0.717, 1.165) is 0 Å². The molecule has 0 aliphatic carbocycles. The Morgan fingerprint density at radius 3 is 2.29 bits per heavy atom. The number of rotatable bonds is 2. The predicted octanol–water partition coefficient (Wildman–Crippen LogP) is 2.23. The molecule has 2 nitrogen and oxygen atoms in total. The van der Waals surface area contributed by atoms with Crippen molar-refractivity contribution in [2.75, 3.05) is 7.05 Å². The topological polar surface area (TPSA) is 24.7 Å². The Kier molecular flexibility index (Phi) is 4.64. The van der Waals surface area contributed by atoms with Gasteiger partial charge in [0.05, 0.1) is 0 Å². The number of hydrogen-bond donors (Lipinski definition) is 0. The molecular formula is C9H9F3N2. The normalized spacial score (nSPS) is 13.2. The lowest BCUT2D eigenvalue weighted by molar-refractivity contribution is -0.0860. The second-order valence-electron chi connectivity index (χ2n) is 2.17. The molecule has 0 aliphatic heterocycles. The van der Waals surface area contributed by atoms with Crippen LogP contribution in [0, 0.1) is 11.8 Å². The van der Waals surface area contributed by atoms with Gasteiger partial charge in [0.25, 0.3) is 0 Å². The van der Waals surface area contributed by atoms with Gasteiger partial charge in [-0.25, -0.2) is 0 Å². The van der Waals surface area contributed by atoms with E-state index in [1.807, 2.05) is 0 Å². The van der Waals surface area contributed by atoms with Gasteiger partial charge in [0.1, 0.15) is 11.3 Å². The van der Waals surface area contributed by atoms with Crippen LogP contribution in [0.4, 0.5) is 13.2 Å². The maximum absolute atomic E-state index is 12.4. The minimum Gasteiger partial charge on any atom is -0.279 e. The van der Waals surface area contributed by atoms with Crippen molar-refractivity contribution in [3.63, 3.8) is 0 Å². The Labute approximate surface area is 80.3 Å². The molecule has 0 aromatic heterocycles. The largest absolute Gasteiger partial charge is 0.420 e. The summed E-state index contributed by atoms with van der Waals surface area (Å²) in [7, 11) is 1.24. The first-order valence-corrected chi connectivity index (χ1v) is 3.60. The Morgan fingerprint density at radius 1 is 1.43 bits per heavy atom. The van der Waals surface area contributed by atoms with Crippen LogP contribution in [0.25, 0.3) is 0 Å². The summed E-state index contributed by atoms with van der Waals surface area (Å²) in [4.78, 5) is 6.50. The molecule has 0 aromatic carbocycles. The number of hydrogen-bond acceptors (Lipinski definition) is 2. The fourth-order valence-electron chi connectivity index (χ4n) is 0.722. The summed E-state index contributed by atoms with van der Waals surface area (Å²) in [6.07, 6.45) is -3.91. The third-order valence-electron chi connectivity index (χ3n) is 1.25. The molecule has 0 amide bonds. The van der Waals surface area contributed by atoms with E-state index in [9.17, 15) is 13.2 Å². The molecule has 76 valence electrons. The molecule has 0 radical (unpaired) electrons. The highest BCUT2D eigenvalue weighted by molar-refractivity contribution is 6.13. The Balaban J connectivity index is 5.30. The summed E-state index contributed by atoms with van der Waals surface area (Å²) in [5, 5.41) is 0. The van der Waals surface area contributed by atoms with Crippen LogP contribution in [0.3, 0.4) is 0 Å². The van der Waals surface area contributed by atoms with E-state index in [4.69, 9.17) is 0 Å². The molecule has 0 spiro atoms. The van der Waals surface area contributed by atoms with Crippen molar-refractivity contribution in [1.29, 1.82) is 0 Å². The van der Waals surface area contributed by atoms with E-state index >= 15 is 0 Å². The molecule has 0 N–H and O–H groups in total. The van der Waals surface area contributed by atoms with Crippen LogP contribution in [0.15, 0.2) is 21.8 Å². The Bertz CT molecular complexity index is 326. The summed E-state index contributed by atoms with van der Waals surface area (Å²) in [6.45, 7) is 4.39. The Hall–Kier alpha value is -1.57. The lowest BCUT2D eigenvalue weighted by Crippen LogP contribution is -2.19. The molecule has 0 saturated carbocycles. The number of allylic oxidation sites excluding steroid dienone is 1. The van der Waals surface area contributed by atoms with Crippen molar-refractivity contribution in [1.82, 2.24) is 0 Å². The number of alkyl halides is 3. The molecule has 0 atom stereocenters. The maximum atomic E-state index is 12.4. The monoisotopic (exact) mass is 202 g/mol. The van der Waals surface area contributed by atoms with Gasteiger partial charge in [-0.05, 0) is 19.6 Å². The van der Waals surface area contributed by atoms with E-state index in [1.54, 1.807) is 0 Å². The van der Waals surface area contributed by atoms with Gasteiger partial charge in [-0.3, -0.25) is 9.98 Å². The minimum absolute atomic E-state index is 0.340. The summed E-state index contributed by atoms with van der Waals surface area (Å²) in [6, 6.07) is 0. The quantitative estimate of drug-likeness (QED) is 0.484. The van der Waals surface area contributed by atoms with Gasteiger partial charge in [0, 0.05) is 13.2 Å².